The van der Waals surface area contributed by atoms with Crippen molar-refractivity contribution in [3.05, 3.63) is 12.2 Å². The first-order chi connectivity index (χ1) is 6.56. The van der Waals surface area contributed by atoms with E-state index in [4.69, 9.17) is 4.43 Å². The van der Waals surface area contributed by atoms with Gasteiger partial charge in [-0.3, -0.25) is 0 Å². The van der Waals surface area contributed by atoms with Crippen LogP contribution in [0.4, 0.5) is 0 Å². The molecule has 0 spiro atoms. The Morgan fingerprint density at radius 1 is 1.33 bits per heavy atom. The molecule has 0 radical (unpaired) electrons. The predicted molar refractivity (Wildman–Crippen MR) is 71.7 cm³/mol. The van der Waals surface area contributed by atoms with E-state index in [1.54, 1.807) is 0 Å². The summed E-state index contributed by atoms with van der Waals surface area (Å²) in [5.41, 5.74) is 1.25. The molecule has 0 heterocycles. The smallest absolute Gasteiger partial charge is 0.191 e. The SMILES string of the molecule is C=C(C)C[C@H](C)CO[Si](C)(C)C(C)(C)C. The molecule has 0 amide bonds. The van der Waals surface area contributed by atoms with E-state index >= 15 is 0 Å². The molecule has 0 saturated heterocycles. The summed E-state index contributed by atoms with van der Waals surface area (Å²) in [5, 5.41) is 0.315. The van der Waals surface area contributed by atoms with E-state index in [9.17, 15) is 0 Å². The van der Waals surface area contributed by atoms with E-state index in [-0.39, 0.29) is 0 Å². The lowest BCUT2D eigenvalue weighted by Gasteiger charge is -2.37. The molecule has 0 aliphatic rings. The first-order valence-corrected chi connectivity index (χ1v) is 8.75. The minimum atomic E-state index is -1.55. The summed E-state index contributed by atoms with van der Waals surface area (Å²) < 4.78 is 6.15. The van der Waals surface area contributed by atoms with Gasteiger partial charge >= 0.3 is 0 Å². The van der Waals surface area contributed by atoms with Crippen molar-refractivity contribution in [2.45, 2.75) is 59.2 Å². The van der Waals surface area contributed by atoms with Crippen LogP contribution in [0.2, 0.25) is 18.1 Å². The maximum atomic E-state index is 6.15. The Balaban J connectivity index is 4.10. The zero-order chi connectivity index (χ0) is 12.3. The molecule has 15 heavy (non-hydrogen) atoms. The first-order valence-electron chi connectivity index (χ1n) is 5.84. The fraction of sp³-hybridized carbons (Fsp3) is 0.846. The van der Waals surface area contributed by atoms with Crippen molar-refractivity contribution in [2.24, 2.45) is 5.92 Å². The third kappa shape index (κ3) is 5.52. The highest BCUT2D eigenvalue weighted by Gasteiger charge is 2.37. The molecular weight excluding hydrogens is 200 g/mol. The molecule has 0 aromatic carbocycles. The van der Waals surface area contributed by atoms with Crippen molar-refractivity contribution < 1.29 is 4.43 Å². The van der Waals surface area contributed by atoms with Gasteiger partial charge < -0.3 is 4.43 Å². The molecule has 0 fully saturated rings. The van der Waals surface area contributed by atoms with Crippen LogP contribution in [-0.2, 0) is 4.43 Å². The average Bonchev–Trinajstić information content (AvgIpc) is 1.97. The van der Waals surface area contributed by atoms with E-state index < -0.39 is 8.32 Å². The quantitative estimate of drug-likeness (QED) is 0.493. The van der Waals surface area contributed by atoms with E-state index in [0.717, 1.165) is 13.0 Å². The minimum Gasteiger partial charge on any atom is -0.417 e. The van der Waals surface area contributed by atoms with Crippen molar-refractivity contribution in [2.75, 3.05) is 6.61 Å². The van der Waals surface area contributed by atoms with Crippen molar-refractivity contribution in [3.63, 3.8) is 0 Å². The van der Waals surface area contributed by atoms with Gasteiger partial charge in [0.2, 0.25) is 0 Å². The summed E-state index contributed by atoms with van der Waals surface area (Å²) >= 11 is 0. The summed E-state index contributed by atoms with van der Waals surface area (Å²) in [6, 6.07) is 0. The highest BCUT2D eigenvalue weighted by atomic mass is 28.4. The fourth-order valence-electron chi connectivity index (χ4n) is 1.22. The normalized spacial score (nSPS) is 15.1. The minimum absolute atomic E-state index is 0.315. The van der Waals surface area contributed by atoms with Crippen LogP contribution in [0.3, 0.4) is 0 Å². The third-order valence-electron chi connectivity index (χ3n) is 3.23. The van der Waals surface area contributed by atoms with Gasteiger partial charge in [-0.15, -0.1) is 6.58 Å². The molecule has 0 aromatic heterocycles. The van der Waals surface area contributed by atoms with Gasteiger partial charge in [0, 0.05) is 6.61 Å². The second-order valence-corrected chi connectivity index (χ2v) is 11.1. The van der Waals surface area contributed by atoms with Gasteiger partial charge in [-0.1, -0.05) is 33.3 Å². The summed E-state index contributed by atoms with van der Waals surface area (Å²) in [4.78, 5) is 0. The Kier molecular flexibility index (Phi) is 5.28. The fourth-order valence-corrected chi connectivity index (χ4v) is 2.36. The molecule has 90 valence electrons. The number of hydrogen-bond donors (Lipinski definition) is 0. The van der Waals surface area contributed by atoms with Crippen LogP contribution in [0.25, 0.3) is 0 Å². The first kappa shape index (κ1) is 14.9. The van der Waals surface area contributed by atoms with Crippen molar-refractivity contribution >= 4 is 8.32 Å². The topological polar surface area (TPSA) is 9.23 Å². The number of hydrogen-bond acceptors (Lipinski definition) is 1. The summed E-state index contributed by atoms with van der Waals surface area (Å²) in [7, 11) is -1.55. The van der Waals surface area contributed by atoms with E-state index in [2.05, 4.69) is 54.3 Å². The van der Waals surface area contributed by atoms with Gasteiger partial charge in [-0.2, -0.15) is 0 Å². The number of allylic oxidation sites excluding steroid dienone is 1. The molecule has 0 aliphatic carbocycles. The van der Waals surface area contributed by atoms with Crippen LogP contribution < -0.4 is 0 Å². The van der Waals surface area contributed by atoms with Gasteiger partial charge in [0.25, 0.3) is 0 Å². The monoisotopic (exact) mass is 228 g/mol. The van der Waals surface area contributed by atoms with Gasteiger partial charge in [0.15, 0.2) is 8.32 Å². The Labute approximate surface area is 97.0 Å². The second-order valence-electron chi connectivity index (χ2n) is 6.34. The van der Waals surface area contributed by atoms with Crippen LogP contribution in [-0.4, -0.2) is 14.9 Å². The maximum Gasteiger partial charge on any atom is 0.191 e. The van der Waals surface area contributed by atoms with E-state index in [0.29, 0.717) is 11.0 Å². The largest absolute Gasteiger partial charge is 0.417 e. The highest BCUT2D eigenvalue weighted by molar-refractivity contribution is 6.74. The summed E-state index contributed by atoms with van der Waals surface area (Å²) in [6.45, 7) is 20.6. The van der Waals surface area contributed by atoms with Crippen LogP contribution in [0, 0.1) is 5.92 Å². The zero-order valence-corrected chi connectivity index (χ0v) is 12.6. The lowest BCUT2D eigenvalue weighted by atomic mass is 10.1. The molecule has 2 heteroatoms. The predicted octanol–water partition coefficient (Wildman–Crippen LogP) is 4.61. The molecule has 0 saturated carbocycles. The van der Waals surface area contributed by atoms with Gasteiger partial charge in [-0.25, -0.2) is 0 Å². The molecule has 0 aromatic rings. The lowest BCUT2D eigenvalue weighted by Crippen LogP contribution is -2.41. The molecule has 0 bridgehead atoms. The summed E-state index contributed by atoms with van der Waals surface area (Å²) in [5.74, 6) is 0.594. The van der Waals surface area contributed by atoms with Gasteiger partial charge in [0.05, 0.1) is 0 Å². The molecule has 0 aliphatic heterocycles. The van der Waals surface area contributed by atoms with E-state index in [1.807, 2.05) is 0 Å². The molecule has 0 rings (SSSR count). The Hall–Kier alpha value is -0.0831. The standard InChI is InChI=1S/C13H28OSi/c1-11(2)9-12(3)10-14-15(7,8)13(4,5)6/h12H,1,9-10H2,2-8H3/t12-/m0/s1. The van der Waals surface area contributed by atoms with Crippen molar-refractivity contribution in [1.29, 1.82) is 0 Å². The van der Waals surface area contributed by atoms with Crippen molar-refractivity contribution in [3.8, 4) is 0 Å². The van der Waals surface area contributed by atoms with Gasteiger partial charge in [0.1, 0.15) is 0 Å². The Morgan fingerprint density at radius 3 is 2.13 bits per heavy atom. The van der Waals surface area contributed by atoms with Crippen molar-refractivity contribution in [1.82, 2.24) is 0 Å². The second kappa shape index (κ2) is 5.31. The lowest BCUT2D eigenvalue weighted by molar-refractivity contribution is 0.237. The highest BCUT2D eigenvalue weighted by Crippen LogP contribution is 2.36. The Morgan fingerprint density at radius 2 is 1.80 bits per heavy atom. The van der Waals surface area contributed by atoms with E-state index in [1.165, 1.54) is 5.57 Å². The average molecular weight is 228 g/mol. The van der Waals surface area contributed by atoms with Crippen LogP contribution in [0.1, 0.15) is 41.0 Å². The molecule has 0 N–H and O–H groups in total. The van der Waals surface area contributed by atoms with Gasteiger partial charge in [-0.05, 0) is 37.4 Å². The number of rotatable bonds is 5. The Bertz CT molecular complexity index is 213. The molecule has 0 unspecified atom stereocenters. The van der Waals surface area contributed by atoms with Crippen LogP contribution >= 0.6 is 0 Å². The summed E-state index contributed by atoms with van der Waals surface area (Å²) in [6.07, 6.45) is 1.08. The molecule has 1 atom stereocenters. The molecule has 1 nitrogen and oxygen atoms in total. The maximum absolute atomic E-state index is 6.15. The third-order valence-corrected chi connectivity index (χ3v) is 7.73. The van der Waals surface area contributed by atoms with Crippen LogP contribution in [0.15, 0.2) is 12.2 Å². The zero-order valence-electron chi connectivity index (χ0n) is 11.6. The molecular formula is C13H28OSi. The van der Waals surface area contributed by atoms with Crippen LogP contribution in [0.5, 0.6) is 0 Å².